The molecular formula is C19H22N2O3S2. The number of thioether (sulfide) groups is 1. The molecular weight excluding hydrogens is 368 g/mol. The van der Waals surface area contributed by atoms with Crippen molar-refractivity contribution in [1.82, 2.24) is 5.32 Å². The molecule has 0 aromatic heterocycles. The maximum atomic E-state index is 11.8. The van der Waals surface area contributed by atoms with Crippen LogP contribution in [0.3, 0.4) is 0 Å². The summed E-state index contributed by atoms with van der Waals surface area (Å²) in [5, 5.41) is 2.84. The van der Waals surface area contributed by atoms with Crippen LogP contribution in [-0.4, -0.2) is 32.9 Å². The van der Waals surface area contributed by atoms with Gasteiger partial charge in [0.1, 0.15) is 0 Å². The van der Waals surface area contributed by atoms with Gasteiger partial charge in [0, 0.05) is 29.0 Å². The Kier molecular flexibility index (Phi) is 7.29. The molecule has 0 unspecified atom stereocenters. The van der Waals surface area contributed by atoms with Gasteiger partial charge < -0.3 is 5.32 Å². The minimum absolute atomic E-state index is 0.159. The van der Waals surface area contributed by atoms with Crippen LogP contribution in [0.5, 0.6) is 0 Å². The van der Waals surface area contributed by atoms with Gasteiger partial charge in [0.2, 0.25) is 15.9 Å². The van der Waals surface area contributed by atoms with Crippen molar-refractivity contribution in [3.63, 3.8) is 0 Å². The molecule has 0 aliphatic rings. The first kappa shape index (κ1) is 20.1. The summed E-state index contributed by atoms with van der Waals surface area (Å²) in [7, 11) is -3.29. The topological polar surface area (TPSA) is 75.3 Å². The fourth-order valence-corrected chi connectivity index (χ4v) is 3.42. The summed E-state index contributed by atoms with van der Waals surface area (Å²) in [6, 6.07) is 15.1. The van der Waals surface area contributed by atoms with Crippen molar-refractivity contribution in [1.29, 1.82) is 0 Å². The Morgan fingerprint density at radius 1 is 1.08 bits per heavy atom. The fraction of sp³-hybridized carbons (Fsp3) is 0.211. The Hall–Kier alpha value is -2.25. The van der Waals surface area contributed by atoms with Crippen LogP contribution < -0.4 is 10.0 Å². The molecule has 26 heavy (non-hydrogen) atoms. The smallest absolute Gasteiger partial charge is 0.244 e. The first-order valence-corrected chi connectivity index (χ1v) is 10.9. The maximum Gasteiger partial charge on any atom is 0.244 e. The van der Waals surface area contributed by atoms with Gasteiger partial charge in [-0.3, -0.25) is 9.52 Å². The van der Waals surface area contributed by atoms with Gasteiger partial charge >= 0.3 is 0 Å². The van der Waals surface area contributed by atoms with Crippen molar-refractivity contribution in [3.05, 3.63) is 65.7 Å². The summed E-state index contributed by atoms with van der Waals surface area (Å²) in [5.41, 5.74) is 2.53. The number of benzene rings is 2. The Morgan fingerprint density at radius 3 is 2.35 bits per heavy atom. The standard InChI is InChI=1S/C19H22N2O3S2/c1-15-3-10-18(11-4-15)25-14-13-20-19(22)12-7-16-5-8-17(9-6-16)21-26(2,23)24/h3-12,21H,13-14H2,1-2H3,(H,20,22)/b12-7+. The molecule has 0 atom stereocenters. The molecule has 0 saturated heterocycles. The van der Waals surface area contributed by atoms with Gasteiger partial charge in [-0.05, 0) is 42.8 Å². The molecule has 0 radical (unpaired) electrons. The molecule has 1 amide bonds. The molecule has 2 aromatic carbocycles. The highest BCUT2D eigenvalue weighted by Gasteiger charge is 2.01. The molecule has 2 rings (SSSR count). The van der Waals surface area contributed by atoms with Gasteiger partial charge in [-0.25, -0.2) is 8.42 Å². The molecule has 0 spiro atoms. The van der Waals surface area contributed by atoms with Crippen molar-refractivity contribution < 1.29 is 13.2 Å². The van der Waals surface area contributed by atoms with Gasteiger partial charge in [-0.1, -0.05) is 29.8 Å². The SMILES string of the molecule is Cc1ccc(SCCNC(=O)/C=C/c2ccc(NS(C)(=O)=O)cc2)cc1. The number of hydrogen-bond acceptors (Lipinski definition) is 4. The monoisotopic (exact) mass is 390 g/mol. The lowest BCUT2D eigenvalue weighted by Crippen LogP contribution is -2.23. The van der Waals surface area contributed by atoms with Crippen LogP contribution in [0, 0.1) is 6.92 Å². The van der Waals surface area contributed by atoms with E-state index < -0.39 is 10.0 Å². The van der Waals surface area contributed by atoms with Crippen LogP contribution in [0.1, 0.15) is 11.1 Å². The number of nitrogens with one attached hydrogen (secondary N) is 2. The predicted octanol–water partition coefficient (Wildman–Crippen LogP) is 3.29. The molecule has 138 valence electrons. The number of amides is 1. The van der Waals surface area contributed by atoms with E-state index in [1.54, 1.807) is 42.1 Å². The maximum absolute atomic E-state index is 11.8. The summed E-state index contributed by atoms with van der Waals surface area (Å²) in [4.78, 5) is 13.0. The average molecular weight is 391 g/mol. The zero-order valence-electron chi connectivity index (χ0n) is 14.7. The number of carbonyl (C=O) groups excluding carboxylic acids is 1. The summed E-state index contributed by atoms with van der Waals surface area (Å²) >= 11 is 1.70. The Morgan fingerprint density at radius 2 is 1.73 bits per heavy atom. The Labute approximate surface area is 158 Å². The van der Waals surface area contributed by atoms with Crippen LogP contribution in [0.15, 0.2) is 59.5 Å². The minimum atomic E-state index is -3.29. The van der Waals surface area contributed by atoms with Crippen LogP contribution >= 0.6 is 11.8 Å². The highest BCUT2D eigenvalue weighted by molar-refractivity contribution is 7.99. The summed E-state index contributed by atoms with van der Waals surface area (Å²) in [6.45, 7) is 2.63. The molecule has 0 saturated carbocycles. The molecule has 7 heteroatoms. The Bertz CT molecular complexity index is 859. The second-order valence-electron chi connectivity index (χ2n) is 5.78. The van der Waals surface area contributed by atoms with E-state index >= 15 is 0 Å². The third kappa shape index (κ3) is 7.76. The fourth-order valence-electron chi connectivity index (χ4n) is 2.08. The summed E-state index contributed by atoms with van der Waals surface area (Å²) < 4.78 is 24.7. The second-order valence-corrected chi connectivity index (χ2v) is 8.70. The average Bonchev–Trinajstić information content (AvgIpc) is 2.58. The van der Waals surface area contributed by atoms with Gasteiger partial charge in [0.05, 0.1) is 6.26 Å². The molecule has 5 nitrogen and oxygen atoms in total. The zero-order chi connectivity index (χ0) is 19.0. The van der Waals surface area contributed by atoms with Crippen molar-refractivity contribution >= 4 is 39.5 Å². The predicted molar refractivity (Wildman–Crippen MR) is 109 cm³/mol. The highest BCUT2D eigenvalue weighted by atomic mass is 32.2. The number of carbonyl (C=O) groups is 1. The largest absolute Gasteiger partial charge is 0.352 e. The van der Waals surface area contributed by atoms with E-state index in [9.17, 15) is 13.2 Å². The highest BCUT2D eigenvalue weighted by Crippen LogP contribution is 2.17. The van der Waals surface area contributed by atoms with Crippen molar-refractivity contribution in [2.75, 3.05) is 23.3 Å². The number of sulfonamides is 1. The number of hydrogen-bond donors (Lipinski definition) is 2. The molecule has 2 aromatic rings. The lowest BCUT2D eigenvalue weighted by Gasteiger charge is -2.04. The first-order chi connectivity index (χ1) is 12.3. The summed E-state index contributed by atoms with van der Waals surface area (Å²) in [6.07, 6.45) is 4.25. The third-order valence-corrected chi connectivity index (χ3v) is 4.95. The molecule has 2 N–H and O–H groups in total. The first-order valence-electron chi connectivity index (χ1n) is 8.05. The van der Waals surface area contributed by atoms with Gasteiger partial charge in [-0.15, -0.1) is 11.8 Å². The molecule has 0 aliphatic heterocycles. The normalized spacial score (nSPS) is 11.5. The quantitative estimate of drug-likeness (QED) is 0.412. The van der Waals surface area contributed by atoms with Crippen molar-refractivity contribution in [2.45, 2.75) is 11.8 Å². The number of anilines is 1. The second kappa shape index (κ2) is 9.45. The Balaban J connectivity index is 1.73. The number of rotatable bonds is 8. The zero-order valence-corrected chi connectivity index (χ0v) is 16.4. The van der Waals surface area contributed by atoms with Crippen LogP contribution in [-0.2, 0) is 14.8 Å². The van der Waals surface area contributed by atoms with Gasteiger partial charge in [0.15, 0.2) is 0 Å². The van der Waals surface area contributed by atoms with Crippen LogP contribution in [0.4, 0.5) is 5.69 Å². The third-order valence-electron chi connectivity index (χ3n) is 3.33. The van der Waals surface area contributed by atoms with Gasteiger partial charge in [0.25, 0.3) is 0 Å². The molecule has 0 bridgehead atoms. The van der Waals surface area contributed by atoms with Crippen LogP contribution in [0.2, 0.25) is 0 Å². The van der Waals surface area contributed by atoms with E-state index in [0.29, 0.717) is 12.2 Å². The molecule has 0 fully saturated rings. The van der Waals surface area contributed by atoms with Crippen molar-refractivity contribution in [3.8, 4) is 0 Å². The van der Waals surface area contributed by atoms with E-state index in [-0.39, 0.29) is 5.91 Å². The van der Waals surface area contributed by atoms with Crippen molar-refractivity contribution in [2.24, 2.45) is 0 Å². The molecule has 0 aliphatic carbocycles. The summed E-state index contributed by atoms with van der Waals surface area (Å²) in [5.74, 6) is 0.641. The minimum Gasteiger partial charge on any atom is -0.352 e. The lowest BCUT2D eigenvalue weighted by molar-refractivity contribution is -0.116. The van der Waals surface area contributed by atoms with Crippen LogP contribution in [0.25, 0.3) is 6.08 Å². The van der Waals surface area contributed by atoms with E-state index in [1.807, 2.05) is 0 Å². The van der Waals surface area contributed by atoms with E-state index in [0.717, 1.165) is 17.6 Å². The van der Waals surface area contributed by atoms with Gasteiger partial charge in [-0.2, -0.15) is 0 Å². The number of aryl methyl sites for hydroxylation is 1. The van der Waals surface area contributed by atoms with E-state index in [2.05, 4.69) is 41.2 Å². The molecule has 0 heterocycles. The van der Waals surface area contributed by atoms with E-state index in [4.69, 9.17) is 0 Å². The van der Waals surface area contributed by atoms with E-state index in [1.165, 1.54) is 16.5 Å². The lowest BCUT2D eigenvalue weighted by atomic mass is 10.2.